The zero-order valence-corrected chi connectivity index (χ0v) is 8.83. The lowest BCUT2D eigenvalue weighted by Crippen LogP contribution is -2.24. The van der Waals surface area contributed by atoms with Crippen LogP contribution in [-0.4, -0.2) is 34.8 Å². The third kappa shape index (κ3) is 1.51. The Hall–Kier alpha value is -1.69. The van der Waals surface area contributed by atoms with Gasteiger partial charge in [-0.1, -0.05) is 5.16 Å². The zero-order valence-electron chi connectivity index (χ0n) is 8.83. The highest BCUT2D eigenvalue weighted by atomic mass is 16.5. The van der Waals surface area contributed by atoms with Gasteiger partial charge >= 0.3 is 0 Å². The highest BCUT2D eigenvalue weighted by molar-refractivity contribution is 5.71. The molecule has 0 amide bonds. The summed E-state index contributed by atoms with van der Waals surface area (Å²) in [5, 5.41) is 4.52. The second-order valence-electron chi connectivity index (χ2n) is 4.09. The van der Waals surface area contributed by atoms with E-state index < -0.39 is 0 Å². The van der Waals surface area contributed by atoms with Crippen molar-refractivity contribution in [3.8, 4) is 0 Å². The molecular weight excluding hydrogens is 206 g/mol. The smallest absolute Gasteiger partial charge is 0.262 e. The standard InChI is InChI=1S/C10H13N5O/c11-3-7-1-2-15(6-7)10-12-4-8-5-13-16-9(8)14-10/h4-5,7H,1-3,6,11H2. The minimum atomic E-state index is 0.543. The Balaban J connectivity index is 1.88. The Morgan fingerprint density at radius 2 is 2.44 bits per heavy atom. The number of nitrogens with zero attached hydrogens (tertiary/aromatic N) is 4. The van der Waals surface area contributed by atoms with E-state index in [-0.39, 0.29) is 0 Å². The van der Waals surface area contributed by atoms with E-state index in [2.05, 4.69) is 20.0 Å². The molecule has 0 spiro atoms. The average molecular weight is 219 g/mol. The van der Waals surface area contributed by atoms with Crippen molar-refractivity contribution in [2.45, 2.75) is 6.42 Å². The summed E-state index contributed by atoms with van der Waals surface area (Å²) in [6, 6.07) is 0. The van der Waals surface area contributed by atoms with Gasteiger partial charge in [-0.25, -0.2) is 4.98 Å². The van der Waals surface area contributed by atoms with Gasteiger partial charge in [0, 0.05) is 19.3 Å². The molecular formula is C10H13N5O. The quantitative estimate of drug-likeness (QED) is 0.787. The molecule has 2 aromatic rings. The minimum Gasteiger partial charge on any atom is -0.340 e. The van der Waals surface area contributed by atoms with Gasteiger partial charge in [-0.3, -0.25) is 0 Å². The van der Waals surface area contributed by atoms with Crippen LogP contribution in [0.1, 0.15) is 6.42 Å². The Morgan fingerprint density at radius 3 is 3.25 bits per heavy atom. The topological polar surface area (TPSA) is 81.1 Å². The lowest BCUT2D eigenvalue weighted by Gasteiger charge is -2.14. The lowest BCUT2D eigenvalue weighted by molar-refractivity contribution is 0.448. The Kier molecular flexibility index (Phi) is 2.21. The first-order valence-electron chi connectivity index (χ1n) is 5.39. The first kappa shape index (κ1) is 9.53. The molecule has 16 heavy (non-hydrogen) atoms. The third-order valence-electron chi connectivity index (χ3n) is 3.00. The van der Waals surface area contributed by atoms with Crippen molar-refractivity contribution in [3.05, 3.63) is 12.4 Å². The van der Waals surface area contributed by atoms with Gasteiger partial charge in [-0.05, 0) is 18.9 Å². The summed E-state index contributed by atoms with van der Waals surface area (Å²) in [4.78, 5) is 10.8. The van der Waals surface area contributed by atoms with Crippen LogP contribution in [0.15, 0.2) is 16.9 Å². The summed E-state index contributed by atoms with van der Waals surface area (Å²) in [7, 11) is 0. The molecule has 2 N–H and O–H groups in total. The van der Waals surface area contributed by atoms with Gasteiger partial charge in [0.25, 0.3) is 5.71 Å². The van der Waals surface area contributed by atoms with Crippen molar-refractivity contribution in [2.75, 3.05) is 24.5 Å². The summed E-state index contributed by atoms with van der Waals surface area (Å²) in [5.41, 5.74) is 6.19. The van der Waals surface area contributed by atoms with E-state index in [0.29, 0.717) is 17.6 Å². The normalized spacial score (nSPS) is 20.8. The highest BCUT2D eigenvalue weighted by Gasteiger charge is 2.23. The SMILES string of the molecule is NCC1CCN(c2ncc3cnoc3n2)C1. The van der Waals surface area contributed by atoms with E-state index in [0.717, 1.165) is 31.4 Å². The van der Waals surface area contributed by atoms with E-state index in [4.69, 9.17) is 10.3 Å². The van der Waals surface area contributed by atoms with Gasteiger partial charge in [0.2, 0.25) is 5.95 Å². The molecule has 1 aliphatic heterocycles. The molecule has 6 heteroatoms. The number of nitrogens with two attached hydrogens (primary N) is 1. The Morgan fingerprint density at radius 1 is 1.50 bits per heavy atom. The zero-order chi connectivity index (χ0) is 11.0. The van der Waals surface area contributed by atoms with Gasteiger partial charge in [0.15, 0.2) is 0 Å². The fourth-order valence-electron chi connectivity index (χ4n) is 2.02. The number of fused-ring (bicyclic) bond motifs is 1. The molecule has 1 aliphatic rings. The second kappa shape index (κ2) is 3.71. The lowest BCUT2D eigenvalue weighted by atomic mass is 10.1. The highest BCUT2D eigenvalue weighted by Crippen LogP contribution is 2.21. The predicted molar refractivity (Wildman–Crippen MR) is 59.0 cm³/mol. The first-order valence-corrected chi connectivity index (χ1v) is 5.39. The van der Waals surface area contributed by atoms with Gasteiger partial charge < -0.3 is 15.2 Å². The summed E-state index contributed by atoms with van der Waals surface area (Å²) < 4.78 is 5.02. The molecule has 1 atom stereocenters. The number of rotatable bonds is 2. The maximum atomic E-state index is 5.65. The van der Waals surface area contributed by atoms with Crippen LogP contribution in [0.25, 0.3) is 11.1 Å². The molecule has 0 bridgehead atoms. The summed E-state index contributed by atoms with van der Waals surface area (Å²) in [6.07, 6.45) is 4.46. The molecule has 3 heterocycles. The number of hydrogen-bond donors (Lipinski definition) is 1. The largest absolute Gasteiger partial charge is 0.340 e. The van der Waals surface area contributed by atoms with Crippen LogP contribution >= 0.6 is 0 Å². The van der Waals surface area contributed by atoms with E-state index in [1.54, 1.807) is 12.4 Å². The van der Waals surface area contributed by atoms with Crippen molar-refractivity contribution in [1.29, 1.82) is 0 Å². The second-order valence-corrected chi connectivity index (χ2v) is 4.09. The Labute approximate surface area is 92.4 Å². The molecule has 1 fully saturated rings. The summed E-state index contributed by atoms with van der Waals surface area (Å²) >= 11 is 0. The van der Waals surface area contributed by atoms with Crippen LogP contribution in [0.5, 0.6) is 0 Å². The van der Waals surface area contributed by atoms with Crippen LogP contribution < -0.4 is 10.6 Å². The number of anilines is 1. The van der Waals surface area contributed by atoms with Crippen molar-refractivity contribution >= 4 is 17.0 Å². The molecule has 84 valence electrons. The van der Waals surface area contributed by atoms with E-state index in [1.807, 2.05) is 0 Å². The molecule has 0 aromatic carbocycles. The van der Waals surface area contributed by atoms with Crippen molar-refractivity contribution in [1.82, 2.24) is 15.1 Å². The van der Waals surface area contributed by atoms with Gasteiger partial charge in [-0.15, -0.1) is 0 Å². The van der Waals surface area contributed by atoms with Crippen molar-refractivity contribution in [2.24, 2.45) is 11.7 Å². The molecule has 0 radical (unpaired) electrons. The monoisotopic (exact) mass is 219 g/mol. The maximum absolute atomic E-state index is 5.65. The minimum absolute atomic E-state index is 0.543. The van der Waals surface area contributed by atoms with Crippen molar-refractivity contribution in [3.63, 3.8) is 0 Å². The molecule has 0 aliphatic carbocycles. The van der Waals surface area contributed by atoms with E-state index >= 15 is 0 Å². The van der Waals surface area contributed by atoms with E-state index in [1.165, 1.54) is 0 Å². The maximum Gasteiger partial charge on any atom is 0.262 e. The fourth-order valence-corrected chi connectivity index (χ4v) is 2.02. The van der Waals surface area contributed by atoms with Crippen LogP contribution in [0, 0.1) is 5.92 Å². The van der Waals surface area contributed by atoms with Crippen LogP contribution in [-0.2, 0) is 0 Å². The third-order valence-corrected chi connectivity index (χ3v) is 3.00. The van der Waals surface area contributed by atoms with Gasteiger partial charge in [0.05, 0.1) is 11.6 Å². The van der Waals surface area contributed by atoms with Crippen LogP contribution in [0.3, 0.4) is 0 Å². The molecule has 1 unspecified atom stereocenters. The predicted octanol–water partition coefficient (Wildman–Crippen LogP) is 0.403. The van der Waals surface area contributed by atoms with Gasteiger partial charge in [-0.2, -0.15) is 4.98 Å². The first-order chi connectivity index (χ1) is 7.86. The summed E-state index contributed by atoms with van der Waals surface area (Å²) in [6.45, 7) is 2.61. The number of aromatic nitrogens is 3. The number of hydrogen-bond acceptors (Lipinski definition) is 6. The van der Waals surface area contributed by atoms with Gasteiger partial charge in [0.1, 0.15) is 0 Å². The molecule has 0 saturated carbocycles. The summed E-state index contributed by atoms with van der Waals surface area (Å²) in [5.74, 6) is 1.26. The fraction of sp³-hybridized carbons (Fsp3) is 0.500. The van der Waals surface area contributed by atoms with Crippen LogP contribution in [0.2, 0.25) is 0 Å². The molecule has 2 aromatic heterocycles. The van der Waals surface area contributed by atoms with Crippen molar-refractivity contribution < 1.29 is 4.52 Å². The molecule has 1 saturated heterocycles. The average Bonchev–Trinajstić information content (AvgIpc) is 2.96. The molecule has 3 rings (SSSR count). The molecule has 6 nitrogen and oxygen atoms in total. The van der Waals surface area contributed by atoms with E-state index in [9.17, 15) is 0 Å². The van der Waals surface area contributed by atoms with Crippen LogP contribution in [0.4, 0.5) is 5.95 Å². The Bertz CT molecular complexity index is 497.